The molecular weight excluding hydrogens is 578 g/mol. The van der Waals surface area contributed by atoms with Crippen LogP contribution in [0.25, 0.3) is 11.2 Å². The van der Waals surface area contributed by atoms with Crippen molar-refractivity contribution < 1.29 is 22.3 Å². The zero-order valence-corrected chi connectivity index (χ0v) is 23.7. The molecule has 0 saturated carbocycles. The highest BCUT2D eigenvalue weighted by Crippen LogP contribution is 2.37. The zero-order chi connectivity index (χ0) is 30.2. The summed E-state index contributed by atoms with van der Waals surface area (Å²) in [4.78, 5) is 16.6. The van der Waals surface area contributed by atoms with Crippen molar-refractivity contribution in [1.29, 1.82) is 5.41 Å². The van der Waals surface area contributed by atoms with Gasteiger partial charge in [0, 0.05) is 50.7 Å². The second-order valence-electron chi connectivity index (χ2n) is 10.1. The van der Waals surface area contributed by atoms with Crippen LogP contribution >= 0.6 is 11.6 Å². The minimum atomic E-state index is -4.69. The van der Waals surface area contributed by atoms with E-state index in [-0.39, 0.29) is 57.5 Å². The fourth-order valence-corrected chi connectivity index (χ4v) is 5.13. The van der Waals surface area contributed by atoms with Crippen LogP contribution in [0, 0.1) is 11.2 Å². The number of pyridine rings is 1. The van der Waals surface area contributed by atoms with E-state index in [1.54, 1.807) is 13.2 Å². The summed E-state index contributed by atoms with van der Waals surface area (Å²) in [6.45, 7) is 1.31. The number of aromatic nitrogens is 3. The maximum atomic E-state index is 15.7. The van der Waals surface area contributed by atoms with Crippen molar-refractivity contribution in [3.63, 3.8) is 0 Å². The molecule has 15 heteroatoms. The number of hydrogen-bond donors (Lipinski definition) is 3. The minimum absolute atomic E-state index is 0.0198. The van der Waals surface area contributed by atoms with Gasteiger partial charge in [-0.25, -0.2) is 9.37 Å². The largest absolute Gasteiger partial charge is 0.450 e. The van der Waals surface area contributed by atoms with Crippen LogP contribution in [0.3, 0.4) is 0 Å². The number of aliphatic imine (C=N–C) groups is 1. The van der Waals surface area contributed by atoms with E-state index in [0.29, 0.717) is 18.8 Å². The standard InChI is InChI=1S/C27H28ClF4N9O/c1-39(2)17-4-7-41(14-17)13-15-8-16(27(30,31)32)9-18(23(15)29)37-26-38-25-24(40(26)3)22(28)21(12-36-25)42-20(10-33)19-11-34-5-6-35-19/h5-6,8-12,17,33,35H,4,7,13-14H2,1-3H3,(H,36,37,38)/b20-19+,33-10?/t17-/m0/s1. The monoisotopic (exact) mass is 605 g/mol. The first-order chi connectivity index (χ1) is 20.0. The molecule has 0 radical (unpaired) electrons. The number of likely N-dealkylation sites (N-methyl/N-ethyl adjacent to an activating group) is 1. The lowest BCUT2D eigenvalue weighted by molar-refractivity contribution is -0.137. The molecule has 4 heterocycles. The van der Waals surface area contributed by atoms with E-state index in [1.807, 2.05) is 19.0 Å². The Hall–Kier alpha value is -4.01. The first-order valence-corrected chi connectivity index (χ1v) is 13.3. The normalized spacial score (nSPS) is 18.5. The number of fused-ring (bicyclic) bond motifs is 1. The number of rotatable bonds is 8. The minimum Gasteiger partial charge on any atom is -0.450 e. The predicted molar refractivity (Wildman–Crippen MR) is 153 cm³/mol. The topological polar surface area (TPSA) is 107 Å². The van der Waals surface area contributed by atoms with Crippen molar-refractivity contribution >= 4 is 46.8 Å². The number of alkyl halides is 3. The van der Waals surface area contributed by atoms with E-state index >= 15 is 4.39 Å². The zero-order valence-electron chi connectivity index (χ0n) is 22.9. The Morgan fingerprint density at radius 2 is 2.12 bits per heavy atom. The van der Waals surface area contributed by atoms with Gasteiger partial charge in [0.1, 0.15) is 16.2 Å². The maximum Gasteiger partial charge on any atom is 0.416 e. The van der Waals surface area contributed by atoms with Crippen LogP contribution in [0.1, 0.15) is 17.5 Å². The van der Waals surface area contributed by atoms with E-state index < -0.39 is 17.6 Å². The van der Waals surface area contributed by atoms with Gasteiger partial charge in [0.05, 0.1) is 29.9 Å². The Morgan fingerprint density at radius 3 is 2.76 bits per heavy atom. The number of anilines is 2. The van der Waals surface area contributed by atoms with Crippen LogP contribution in [0.2, 0.25) is 5.02 Å². The molecule has 2 aromatic heterocycles. The van der Waals surface area contributed by atoms with E-state index in [0.717, 1.165) is 24.8 Å². The Kier molecular flexibility index (Phi) is 8.21. The molecule has 0 spiro atoms. The van der Waals surface area contributed by atoms with Crippen molar-refractivity contribution in [3.05, 3.63) is 64.2 Å². The van der Waals surface area contributed by atoms with Gasteiger partial charge in [-0.1, -0.05) is 11.6 Å². The van der Waals surface area contributed by atoms with Gasteiger partial charge < -0.3 is 30.2 Å². The fraction of sp³-hybridized carbons (Fsp3) is 0.333. The number of imidazole rings is 1. The van der Waals surface area contributed by atoms with Gasteiger partial charge in [-0.3, -0.25) is 9.89 Å². The number of benzene rings is 1. The van der Waals surface area contributed by atoms with Crippen molar-refractivity contribution in [1.82, 2.24) is 29.7 Å². The molecule has 10 nitrogen and oxygen atoms in total. The van der Waals surface area contributed by atoms with Gasteiger partial charge in [-0.05, 0) is 32.6 Å². The third-order valence-electron chi connectivity index (χ3n) is 7.12. The Morgan fingerprint density at radius 1 is 1.33 bits per heavy atom. The molecule has 1 saturated heterocycles. The quantitative estimate of drug-likeness (QED) is 0.188. The molecule has 0 unspecified atom stereocenters. The van der Waals surface area contributed by atoms with Gasteiger partial charge >= 0.3 is 6.18 Å². The molecule has 5 rings (SSSR count). The van der Waals surface area contributed by atoms with E-state index in [9.17, 15) is 13.2 Å². The molecule has 0 bridgehead atoms. The predicted octanol–water partition coefficient (Wildman–Crippen LogP) is 5.04. The van der Waals surface area contributed by atoms with Crippen LogP contribution in [0.4, 0.5) is 29.2 Å². The summed E-state index contributed by atoms with van der Waals surface area (Å²) in [5.74, 6) is -0.570. The molecule has 1 aromatic carbocycles. The van der Waals surface area contributed by atoms with E-state index in [1.165, 1.54) is 23.2 Å². The third kappa shape index (κ3) is 5.96. The molecule has 222 valence electrons. The van der Waals surface area contributed by atoms with Crippen molar-refractivity contribution in [2.24, 2.45) is 12.0 Å². The third-order valence-corrected chi connectivity index (χ3v) is 7.48. The second kappa shape index (κ2) is 11.7. The maximum absolute atomic E-state index is 15.7. The molecule has 3 aromatic rings. The average molecular weight is 606 g/mol. The summed E-state index contributed by atoms with van der Waals surface area (Å²) < 4.78 is 64.5. The second-order valence-corrected chi connectivity index (χ2v) is 10.5. The summed E-state index contributed by atoms with van der Waals surface area (Å²) in [5, 5.41) is 13.4. The first-order valence-electron chi connectivity index (χ1n) is 12.9. The first kappa shape index (κ1) is 29.5. The average Bonchev–Trinajstić information content (AvgIpc) is 3.55. The SMILES string of the molecule is CN(C)[C@H]1CCN(Cc2cc(C(F)(F)F)cc(Nc3nc4ncc(O/C(C=N)=C5\C=NC=CN5)c(Cl)c4n3C)c2F)C1. The lowest BCUT2D eigenvalue weighted by Crippen LogP contribution is -2.31. The van der Waals surface area contributed by atoms with Crippen LogP contribution in [-0.4, -0.2) is 70.0 Å². The highest BCUT2D eigenvalue weighted by Gasteiger charge is 2.34. The molecular formula is C27H28ClF4N9O. The Balaban J connectivity index is 1.47. The number of allylic oxidation sites excluding steroid dienone is 2. The number of nitrogens with zero attached hydrogens (tertiary/aromatic N) is 6. The van der Waals surface area contributed by atoms with Gasteiger partial charge in [0.2, 0.25) is 5.95 Å². The number of halogens is 5. The summed E-state index contributed by atoms with van der Waals surface area (Å²) in [5.41, 5.74) is -0.563. The molecule has 42 heavy (non-hydrogen) atoms. The van der Waals surface area contributed by atoms with Gasteiger partial charge in [-0.15, -0.1) is 0 Å². The molecule has 1 fully saturated rings. The Bertz CT molecular complexity index is 1610. The number of hydrogen-bond acceptors (Lipinski definition) is 9. The van der Waals surface area contributed by atoms with Crippen molar-refractivity contribution in [2.45, 2.75) is 25.2 Å². The van der Waals surface area contributed by atoms with Crippen LogP contribution in [0.15, 0.2) is 47.2 Å². The lowest BCUT2D eigenvalue weighted by atomic mass is 10.1. The van der Waals surface area contributed by atoms with Crippen LogP contribution in [0.5, 0.6) is 5.75 Å². The van der Waals surface area contributed by atoms with Crippen molar-refractivity contribution in [2.75, 3.05) is 32.5 Å². The van der Waals surface area contributed by atoms with Gasteiger partial charge in [-0.2, -0.15) is 18.2 Å². The fourth-order valence-electron chi connectivity index (χ4n) is 4.83. The molecule has 0 aliphatic carbocycles. The highest BCUT2D eigenvalue weighted by molar-refractivity contribution is 6.36. The number of ether oxygens (including phenoxy) is 1. The molecule has 2 aliphatic heterocycles. The molecule has 0 amide bonds. The number of aryl methyl sites for hydroxylation is 1. The molecule has 3 N–H and O–H groups in total. The summed E-state index contributed by atoms with van der Waals surface area (Å²) in [7, 11) is 5.44. The number of nitrogens with one attached hydrogen (secondary N) is 3. The highest BCUT2D eigenvalue weighted by atomic mass is 35.5. The van der Waals surface area contributed by atoms with Crippen LogP contribution in [-0.2, 0) is 19.8 Å². The van der Waals surface area contributed by atoms with E-state index in [4.69, 9.17) is 21.7 Å². The van der Waals surface area contributed by atoms with Crippen molar-refractivity contribution in [3.8, 4) is 5.75 Å². The number of likely N-dealkylation sites (tertiary alicyclic amines) is 1. The smallest absolute Gasteiger partial charge is 0.416 e. The van der Waals surface area contributed by atoms with E-state index in [2.05, 4.69) is 30.5 Å². The summed E-state index contributed by atoms with van der Waals surface area (Å²) >= 11 is 6.62. The summed E-state index contributed by atoms with van der Waals surface area (Å²) in [6.07, 6.45) is 3.00. The van der Waals surface area contributed by atoms with Gasteiger partial charge in [0.15, 0.2) is 23.0 Å². The summed E-state index contributed by atoms with van der Waals surface area (Å²) in [6, 6.07) is 1.83. The van der Waals surface area contributed by atoms with Gasteiger partial charge in [0.25, 0.3) is 0 Å². The van der Waals surface area contributed by atoms with Crippen LogP contribution < -0.4 is 15.4 Å². The molecule has 2 aliphatic rings. The molecule has 1 atom stereocenters. The Labute approximate surface area is 243 Å². The lowest BCUT2D eigenvalue weighted by Gasteiger charge is -2.22.